The van der Waals surface area contributed by atoms with E-state index in [1.54, 1.807) is 0 Å². The van der Waals surface area contributed by atoms with Gasteiger partial charge in [-0.1, -0.05) is 12.5 Å². The molecule has 0 aliphatic heterocycles. The van der Waals surface area contributed by atoms with Gasteiger partial charge in [0.1, 0.15) is 0 Å². The zero-order valence-electron chi connectivity index (χ0n) is 11.1. The molecule has 0 saturated heterocycles. The van der Waals surface area contributed by atoms with Gasteiger partial charge in [0.25, 0.3) is 0 Å². The Bertz CT molecular complexity index is 409. The second-order valence-electron chi connectivity index (χ2n) is 5.61. The van der Waals surface area contributed by atoms with Crippen LogP contribution in [0.5, 0.6) is 0 Å². The van der Waals surface area contributed by atoms with Crippen LogP contribution in [0.15, 0.2) is 18.3 Å². The molecule has 3 rings (SSSR count). The molecule has 1 N–H and O–H groups in total. The lowest BCUT2D eigenvalue weighted by molar-refractivity contribution is 0.319. The topological polar surface area (TPSA) is 24.9 Å². The van der Waals surface area contributed by atoms with Crippen LogP contribution in [0.3, 0.4) is 0 Å². The van der Waals surface area contributed by atoms with Crippen LogP contribution in [0.25, 0.3) is 0 Å². The van der Waals surface area contributed by atoms with Gasteiger partial charge < -0.3 is 5.32 Å². The number of nitrogens with one attached hydrogen (secondary N) is 1. The van der Waals surface area contributed by atoms with Gasteiger partial charge in [-0.2, -0.15) is 11.8 Å². The van der Waals surface area contributed by atoms with E-state index < -0.39 is 0 Å². The number of pyridine rings is 1. The summed E-state index contributed by atoms with van der Waals surface area (Å²) < 4.78 is 0.520. The molecular formula is C15H22N2S. The second kappa shape index (κ2) is 5.22. The molecule has 2 aliphatic carbocycles. The van der Waals surface area contributed by atoms with Crippen molar-refractivity contribution in [1.82, 2.24) is 10.3 Å². The maximum atomic E-state index is 4.60. The van der Waals surface area contributed by atoms with Crippen LogP contribution in [0.4, 0.5) is 0 Å². The molecule has 1 aromatic rings. The van der Waals surface area contributed by atoms with Gasteiger partial charge in [0.05, 0.1) is 5.69 Å². The minimum absolute atomic E-state index is 0.486. The molecule has 1 aromatic heterocycles. The molecule has 0 spiro atoms. The van der Waals surface area contributed by atoms with Crippen molar-refractivity contribution in [1.29, 1.82) is 0 Å². The van der Waals surface area contributed by atoms with Crippen LogP contribution in [-0.4, -0.2) is 22.5 Å². The molecule has 1 unspecified atom stereocenters. The predicted octanol–water partition coefficient (Wildman–Crippen LogP) is 3.33. The molecule has 1 fully saturated rings. The van der Waals surface area contributed by atoms with Crippen LogP contribution in [-0.2, 0) is 6.42 Å². The van der Waals surface area contributed by atoms with Gasteiger partial charge in [0.15, 0.2) is 0 Å². The van der Waals surface area contributed by atoms with Gasteiger partial charge >= 0.3 is 0 Å². The van der Waals surface area contributed by atoms with Crippen LogP contribution in [0, 0.1) is 0 Å². The largest absolute Gasteiger partial charge is 0.307 e. The Morgan fingerprint density at radius 1 is 1.44 bits per heavy atom. The standard InChI is InChI=1S/C15H22N2S/c1-18-15(8-4-9-15)11-17-13-7-2-5-12-6-3-10-16-14(12)13/h3,6,10,13,17H,2,4-5,7-9,11H2,1H3. The molecule has 0 aromatic carbocycles. The number of hydrogen-bond acceptors (Lipinski definition) is 3. The van der Waals surface area contributed by atoms with Gasteiger partial charge in [0.2, 0.25) is 0 Å². The van der Waals surface area contributed by atoms with E-state index in [1.807, 2.05) is 18.0 Å². The fourth-order valence-corrected chi connectivity index (χ4v) is 4.07. The van der Waals surface area contributed by atoms with Crippen molar-refractivity contribution in [2.24, 2.45) is 0 Å². The Hall–Kier alpha value is -0.540. The molecule has 1 saturated carbocycles. The maximum Gasteiger partial charge on any atom is 0.0605 e. The fraction of sp³-hybridized carbons (Fsp3) is 0.667. The van der Waals surface area contributed by atoms with Crippen molar-refractivity contribution < 1.29 is 0 Å². The number of aryl methyl sites for hydroxylation is 1. The van der Waals surface area contributed by atoms with E-state index in [2.05, 4.69) is 28.7 Å². The number of thioether (sulfide) groups is 1. The van der Waals surface area contributed by atoms with Crippen molar-refractivity contribution in [3.05, 3.63) is 29.6 Å². The average molecular weight is 262 g/mol. The lowest BCUT2D eigenvalue weighted by Gasteiger charge is -2.42. The smallest absolute Gasteiger partial charge is 0.0605 e. The van der Waals surface area contributed by atoms with Crippen molar-refractivity contribution in [3.63, 3.8) is 0 Å². The monoisotopic (exact) mass is 262 g/mol. The second-order valence-corrected chi connectivity index (χ2v) is 6.89. The molecule has 0 bridgehead atoms. The van der Waals surface area contributed by atoms with Crippen molar-refractivity contribution >= 4 is 11.8 Å². The first-order valence-electron chi connectivity index (χ1n) is 7.05. The highest BCUT2D eigenvalue weighted by molar-refractivity contribution is 8.00. The number of rotatable bonds is 4. The van der Waals surface area contributed by atoms with Crippen LogP contribution >= 0.6 is 11.8 Å². The highest BCUT2D eigenvalue weighted by atomic mass is 32.2. The molecule has 3 heteroatoms. The Morgan fingerprint density at radius 3 is 3.06 bits per heavy atom. The SMILES string of the molecule is CSC1(CNC2CCCc3cccnc32)CCC1. The molecule has 0 radical (unpaired) electrons. The highest BCUT2D eigenvalue weighted by Gasteiger charge is 2.36. The number of hydrogen-bond donors (Lipinski definition) is 1. The first-order valence-corrected chi connectivity index (χ1v) is 8.28. The summed E-state index contributed by atoms with van der Waals surface area (Å²) in [5.41, 5.74) is 2.76. The van der Waals surface area contributed by atoms with Crippen LogP contribution < -0.4 is 5.32 Å². The van der Waals surface area contributed by atoms with E-state index in [4.69, 9.17) is 0 Å². The molecule has 0 amide bonds. The number of nitrogens with zero attached hydrogens (tertiary/aromatic N) is 1. The first-order chi connectivity index (χ1) is 8.83. The molecule has 2 nitrogen and oxygen atoms in total. The summed E-state index contributed by atoms with van der Waals surface area (Å²) in [7, 11) is 0. The molecule has 1 heterocycles. The highest BCUT2D eigenvalue weighted by Crippen LogP contribution is 2.42. The van der Waals surface area contributed by atoms with Gasteiger partial charge in [-0.05, 0) is 50.0 Å². The zero-order valence-corrected chi connectivity index (χ0v) is 11.9. The number of aromatic nitrogens is 1. The van der Waals surface area contributed by atoms with E-state index >= 15 is 0 Å². The number of fused-ring (bicyclic) bond motifs is 1. The minimum atomic E-state index is 0.486. The first kappa shape index (κ1) is 12.5. The third-order valence-corrected chi connectivity index (χ3v) is 5.98. The van der Waals surface area contributed by atoms with E-state index in [0.29, 0.717) is 10.8 Å². The lowest BCUT2D eigenvalue weighted by Crippen LogP contribution is -2.45. The Morgan fingerprint density at radius 2 is 2.33 bits per heavy atom. The molecule has 18 heavy (non-hydrogen) atoms. The zero-order chi connectivity index (χ0) is 12.4. The van der Waals surface area contributed by atoms with Crippen molar-refractivity contribution in [2.45, 2.75) is 49.3 Å². The van der Waals surface area contributed by atoms with E-state index in [-0.39, 0.29) is 0 Å². The summed E-state index contributed by atoms with van der Waals surface area (Å²) in [6.07, 6.45) is 12.1. The van der Waals surface area contributed by atoms with E-state index in [9.17, 15) is 0 Å². The Labute approximate surface area is 114 Å². The summed E-state index contributed by atoms with van der Waals surface area (Å²) in [4.78, 5) is 4.60. The fourth-order valence-electron chi connectivity index (χ4n) is 3.14. The van der Waals surface area contributed by atoms with E-state index in [1.165, 1.54) is 49.8 Å². The molecule has 1 atom stereocenters. The predicted molar refractivity (Wildman–Crippen MR) is 78.0 cm³/mol. The molecular weight excluding hydrogens is 240 g/mol. The molecule has 98 valence electrons. The summed E-state index contributed by atoms with van der Waals surface area (Å²) in [6, 6.07) is 4.79. The van der Waals surface area contributed by atoms with Crippen LogP contribution in [0.2, 0.25) is 0 Å². The van der Waals surface area contributed by atoms with Gasteiger partial charge in [-0.3, -0.25) is 4.98 Å². The maximum absolute atomic E-state index is 4.60. The Kier molecular flexibility index (Phi) is 3.62. The summed E-state index contributed by atoms with van der Waals surface area (Å²) in [6.45, 7) is 1.15. The van der Waals surface area contributed by atoms with Crippen molar-refractivity contribution in [3.8, 4) is 0 Å². The van der Waals surface area contributed by atoms with Gasteiger partial charge in [0, 0.05) is 23.5 Å². The van der Waals surface area contributed by atoms with Gasteiger partial charge in [-0.25, -0.2) is 0 Å². The minimum Gasteiger partial charge on any atom is -0.307 e. The Balaban J connectivity index is 1.67. The normalized spacial score (nSPS) is 25.3. The van der Waals surface area contributed by atoms with Crippen LogP contribution in [0.1, 0.15) is 49.4 Å². The third kappa shape index (κ3) is 2.30. The quantitative estimate of drug-likeness (QED) is 0.901. The van der Waals surface area contributed by atoms with E-state index in [0.717, 1.165) is 6.54 Å². The third-order valence-electron chi connectivity index (χ3n) is 4.56. The average Bonchev–Trinajstić information content (AvgIpc) is 2.38. The van der Waals surface area contributed by atoms with Gasteiger partial charge in [-0.15, -0.1) is 0 Å². The van der Waals surface area contributed by atoms with Crippen molar-refractivity contribution in [2.75, 3.05) is 12.8 Å². The summed E-state index contributed by atoms with van der Waals surface area (Å²) in [5, 5.41) is 3.79. The summed E-state index contributed by atoms with van der Waals surface area (Å²) >= 11 is 2.05. The summed E-state index contributed by atoms with van der Waals surface area (Å²) in [5.74, 6) is 0. The lowest BCUT2D eigenvalue weighted by atomic mass is 9.83. The molecule has 2 aliphatic rings.